The van der Waals surface area contributed by atoms with E-state index in [2.05, 4.69) is 319 Å². The average molecular weight is 1060 g/mol. The van der Waals surface area contributed by atoms with Crippen molar-refractivity contribution in [2.24, 2.45) is 0 Å². The number of fused-ring (bicyclic) bond motifs is 7. The highest BCUT2D eigenvalue weighted by atomic mass is 15.2. The second kappa shape index (κ2) is 18.9. The van der Waals surface area contributed by atoms with Crippen molar-refractivity contribution in [3.63, 3.8) is 0 Å². The van der Waals surface area contributed by atoms with E-state index in [4.69, 9.17) is 0 Å². The summed E-state index contributed by atoms with van der Waals surface area (Å²) in [5.74, 6) is 0. The van der Waals surface area contributed by atoms with Gasteiger partial charge in [-0.2, -0.15) is 0 Å². The van der Waals surface area contributed by atoms with Gasteiger partial charge >= 0.3 is 0 Å². The minimum absolute atomic E-state index is 0.00842. The Kier molecular flexibility index (Phi) is 12.6. The minimum atomic E-state index is -0.158. The van der Waals surface area contributed by atoms with Gasteiger partial charge in [-0.25, -0.2) is 0 Å². The Hall–Kier alpha value is -7.76. The molecule has 0 atom stereocenters. The lowest BCUT2D eigenvalue weighted by Crippen LogP contribution is -2.61. The average Bonchev–Trinajstić information content (AvgIpc) is 1.98. The Balaban J connectivity index is 1.18. The molecule has 0 radical (unpaired) electrons. The molecule has 0 unspecified atom stereocenters. The number of para-hydroxylation sites is 2. The van der Waals surface area contributed by atoms with Crippen LogP contribution in [0.5, 0.6) is 0 Å². The molecule has 2 aliphatic rings. The van der Waals surface area contributed by atoms with Crippen molar-refractivity contribution in [1.29, 1.82) is 0 Å². The monoisotopic (exact) mass is 1060 g/mol. The number of hydrogen-bond acceptors (Lipinski definition) is 3. The minimum Gasteiger partial charge on any atom is -0.311 e. The van der Waals surface area contributed by atoms with E-state index < -0.39 is 0 Å². The van der Waals surface area contributed by atoms with E-state index in [-0.39, 0.29) is 33.8 Å². The third-order valence-electron chi connectivity index (χ3n) is 17.5. The second-order valence-corrected chi connectivity index (χ2v) is 28.6. The largest absolute Gasteiger partial charge is 0.311 e. The molecule has 5 heteroatoms. The van der Waals surface area contributed by atoms with Crippen LogP contribution < -0.4 is 31.1 Å². The summed E-state index contributed by atoms with van der Waals surface area (Å²) in [6.45, 7) is 39.6. The maximum absolute atomic E-state index is 2.62. The van der Waals surface area contributed by atoms with Crippen molar-refractivity contribution in [2.75, 3.05) is 14.7 Å². The Morgan fingerprint density at radius 2 is 0.802 bits per heavy atom. The van der Waals surface area contributed by atoms with Crippen LogP contribution in [0.15, 0.2) is 182 Å². The van der Waals surface area contributed by atoms with Crippen LogP contribution in [0.1, 0.15) is 143 Å². The Morgan fingerprint density at radius 3 is 1.36 bits per heavy atom. The fourth-order valence-electron chi connectivity index (χ4n) is 12.9. The Bertz CT molecular complexity index is 4060. The highest BCUT2D eigenvalue weighted by molar-refractivity contribution is 7.00. The lowest BCUT2D eigenvalue weighted by atomic mass is 9.33. The van der Waals surface area contributed by atoms with E-state index in [0.717, 1.165) is 22.7 Å². The van der Waals surface area contributed by atoms with Gasteiger partial charge in [-0.3, -0.25) is 0 Å². The number of anilines is 9. The van der Waals surface area contributed by atoms with Crippen LogP contribution in [-0.2, 0) is 27.1 Å². The lowest BCUT2D eigenvalue weighted by molar-refractivity contribution is 0.589. The van der Waals surface area contributed by atoms with Gasteiger partial charge in [0.1, 0.15) is 0 Å². The quantitative estimate of drug-likeness (QED) is 0.154. The van der Waals surface area contributed by atoms with Gasteiger partial charge in [0.05, 0.1) is 16.7 Å². The third-order valence-corrected chi connectivity index (χ3v) is 17.5. The highest BCUT2D eigenvalue weighted by Crippen LogP contribution is 2.50. The van der Waals surface area contributed by atoms with Crippen LogP contribution in [0.25, 0.3) is 27.5 Å². The first-order chi connectivity index (χ1) is 38.2. The first-order valence-corrected chi connectivity index (χ1v) is 29.5. The molecular formula is C76H81BN4. The molecule has 4 nitrogen and oxygen atoms in total. The maximum Gasteiger partial charge on any atom is 0.252 e. The first-order valence-electron chi connectivity index (χ1n) is 29.5. The van der Waals surface area contributed by atoms with Crippen LogP contribution >= 0.6 is 0 Å². The smallest absolute Gasteiger partial charge is 0.252 e. The summed E-state index contributed by atoms with van der Waals surface area (Å²) in [6.07, 6.45) is 0. The van der Waals surface area contributed by atoms with Crippen molar-refractivity contribution in [1.82, 2.24) is 4.57 Å². The molecule has 0 saturated heterocycles. The van der Waals surface area contributed by atoms with Crippen LogP contribution in [0, 0.1) is 13.8 Å². The van der Waals surface area contributed by atoms with Crippen molar-refractivity contribution in [2.45, 2.75) is 145 Å². The van der Waals surface area contributed by atoms with E-state index in [1.165, 1.54) is 111 Å². The molecule has 12 rings (SSSR count). The normalized spacial score (nSPS) is 13.7. The van der Waals surface area contributed by atoms with Crippen molar-refractivity contribution in [3.05, 3.63) is 221 Å². The number of hydrogen-bond donors (Lipinski definition) is 0. The summed E-state index contributed by atoms with van der Waals surface area (Å²) >= 11 is 0. The SMILES string of the molecule is Cc1cc(C(C)(C)C)cc(C)c1N(c1ccc2c(c1)N(c1ccc(C(C)(C)C)cc1)c1cc(C(C)(C)C)cc3c1B2c1cc(C(C)(C)C)ccc1N3c1ccc(C(C)(C)C)cc1)c1ccc2c3ccccc3n(-c3ccccc3)c2c1. The van der Waals surface area contributed by atoms with Crippen LogP contribution in [0.4, 0.5) is 51.2 Å². The molecule has 0 bridgehead atoms. The zero-order chi connectivity index (χ0) is 57.5. The molecule has 9 aromatic carbocycles. The molecule has 0 fully saturated rings. The molecule has 3 heterocycles. The summed E-state index contributed by atoms with van der Waals surface area (Å²) in [6, 6.07) is 70.4. The van der Waals surface area contributed by atoms with E-state index in [1.54, 1.807) is 0 Å². The molecule has 10 aromatic rings. The zero-order valence-electron chi connectivity index (χ0n) is 51.2. The summed E-state index contributed by atoms with van der Waals surface area (Å²) in [7, 11) is 0. The predicted molar refractivity (Wildman–Crippen MR) is 352 cm³/mol. The number of aryl methyl sites for hydroxylation is 2. The maximum atomic E-state index is 2.62. The lowest BCUT2D eigenvalue weighted by Gasteiger charge is -2.46. The van der Waals surface area contributed by atoms with E-state index in [0.29, 0.717) is 0 Å². The van der Waals surface area contributed by atoms with Gasteiger partial charge in [-0.1, -0.05) is 201 Å². The van der Waals surface area contributed by atoms with E-state index in [1.807, 2.05) is 0 Å². The molecule has 0 saturated carbocycles. The summed E-state index contributed by atoms with van der Waals surface area (Å²) in [4.78, 5) is 7.76. The first kappa shape index (κ1) is 53.9. The molecular weight excluding hydrogens is 980 g/mol. The van der Waals surface area contributed by atoms with Crippen LogP contribution in [0.2, 0.25) is 0 Å². The summed E-state index contributed by atoms with van der Waals surface area (Å²) in [5.41, 5.74) is 26.9. The number of nitrogens with zero attached hydrogens (tertiary/aromatic N) is 4. The fraction of sp³-hybridized carbons (Fsp3) is 0.289. The molecule has 81 heavy (non-hydrogen) atoms. The third kappa shape index (κ3) is 9.26. The molecule has 0 aliphatic carbocycles. The molecule has 408 valence electrons. The highest BCUT2D eigenvalue weighted by Gasteiger charge is 2.45. The summed E-state index contributed by atoms with van der Waals surface area (Å²) < 4.78 is 2.44. The van der Waals surface area contributed by atoms with Gasteiger partial charge in [-0.05, 0) is 181 Å². The Labute approximate surface area is 484 Å². The van der Waals surface area contributed by atoms with E-state index >= 15 is 0 Å². The number of rotatable bonds is 6. The molecule has 1 aromatic heterocycles. The fourth-order valence-corrected chi connectivity index (χ4v) is 12.9. The van der Waals surface area contributed by atoms with Crippen molar-refractivity contribution >= 4 is 96.1 Å². The molecule has 2 aliphatic heterocycles. The molecule has 0 amide bonds. The molecule has 0 spiro atoms. The Morgan fingerprint density at radius 1 is 0.333 bits per heavy atom. The van der Waals surface area contributed by atoms with Gasteiger partial charge in [0.2, 0.25) is 0 Å². The van der Waals surface area contributed by atoms with Gasteiger partial charge in [0.15, 0.2) is 0 Å². The number of benzene rings is 9. The predicted octanol–water partition coefficient (Wildman–Crippen LogP) is 19.4. The van der Waals surface area contributed by atoms with Gasteiger partial charge in [-0.15, -0.1) is 0 Å². The second-order valence-electron chi connectivity index (χ2n) is 28.6. The van der Waals surface area contributed by atoms with Crippen LogP contribution in [0.3, 0.4) is 0 Å². The number of aromatic nitrogens is 1. The van der Waals surface area contributed by atoms with E-state index in [9.17, 15) is 0 Å². The summed E-state index contributed by atoms with van der Waals surface area (Å²) in [5, 5.41) is 2.48. The topological polar surface area (TPSA) is 14.7 Å². The zero-order valence-corrected chi connectivity index (χ0v) is 51.2. The van der Waals surface area contributed by atoms with Gasteiger partial charge < -0.3 is 19.3 Å². The standard InChI is InChI=1S/C76H81BN4/c1-48-41-53(75(12,13)14)42-49(2)71(48)78(58-36-38-61-60-25-21-22-26-64(60)79(66(61)46-58)55-23-19-18-20-24-55)59-37-39-62-67(47-59)81(57-34-29-51(30-35-57)73(6,7)8)69-45-54(76(15,16)17)44-68-70(69)77(62)63-43-52(74(9,10)11)31-40-65(63)80(68)56-32-27-50(28-33-56)72(3,4)5/h18-47H,1-17H3. The molecule has 0 N–H and O–H groups in total. The van der Waals surface area contributed by atoms with Crippen LogP contribution in [-0.4, -0.2) is 11.3 Å². The van der Waals surface area contributed by atoms with Crippen molar-refractivity contribution in [3.8, 4) is 5.69 Å². The van der Waals surface area contributed by atoms with Crippen molar-refractivity contribution < 1.29 is 0 Å². The van der Waals surface area contributed by atoms with Gasteiger partial charge in [0.25, 0.3) is 6.71 Å². The van der Waals surface area contributed by atoms with Gasteiger partial charge in [0, 0.05) is 62.0 Å².